The molecule has 0 saturated carbocycles. The van der Waals surface area contributed by atoms with Gasteiger partial charge in [-0.15, -0.1) is 0 Å². The molecule has 19 heteroatoms. The van der Waals surface area contributed by atoms with E-state index in [1.807, 2.05) is 38.1 Å². The van der Waals surface area contributed by atoms with Crippen LogP contribution in [0.15, 0.2) is 145 Å². The maximum absolute atomic E-state index is 14.3. The predicted molar refractivity (Wildman–Crippen MR) is 283 cm³/mol. The summed E-state index contributed by atoms with van der Waals surface area (Å²) in [5.41, 5.74) is 7.87. The molecule has 0 aliphatic carbocycles. The first kappa shape index (κ1) is 50.9. The van der Waals surface area contributed by atoms with E-state index in [-0.39, 0.29) is 49.3 Å². The molecule has 2 aliphatic heterocycles. The van der Waals surface area contributed by atoms with Gasteiger partial charge in [0.1, 0.15) is 17.0 Å². The molecule has 73 heavy (non-hydrogen) atoms. The van der Waals surface area contributed by atoms with E-state index in [1.165, 1.54) is 28.6 Å². The van der Waals surface area contributed by atoms with Gasteiger partial charge in [-0.25, -0.2) is 28.7 Å². The molecule has 0 atom stereocenters. The Morgan fingerprint density at radius 2 is 1.60 bits per heavy atom. The summed E-state index contributed by atoms with van der Waals surface area (Å²) in [4.78, 5) is 62.9. The minimum Gasteiger partial charge on any atom is -0.395 e. The molecule has 376 valence electrons. The van der Waals surface area contributed by atoms with E-state index in [2.05, 4.69) is 106 Å². The topological polar surface area (TPSA) is 223 Å². The number of halogens is 1. The van der Waals surface area contributed by atoms with E-state index in [1.54, 1.807) is 41.3 Å². The van der Waals surface area contributed by atoms with Crippen LogP contribution in [0.25, 0.3) is 39.0 Å². The molecule has 1 fully saturated rings. The zero-order valence-electron chi connectivity index (χ0n) is 40.7. The molecule has 3 aromatic carbocycles. The highest BCUT2D eigenvalue weighted by atomic mass is 19.1. The number of benzene rings is 3. The number of carbonyl (C=O) groups is 2. The zero-order valence-corrected chi connectivity index (χ0v) is 40.7. The molecule has 2 amide bonds. The van der Waals surface area contributed by atoms with Gasteiger partial charge in [-0.1, -0.05) is 63.4 Å². The Morgan fingerprint density at radius 1 is 0.863 bits per heavy atom. The van der Waals surface area contributed by atoms with Gasteiger partial charge in [-0.3, -0.25) is 19.3 Å². The van der Waals surface area contributed by atoms with Crippen LogP contribution in [-0.4, -0.2) is 114 Å². The van der Waals surface area contributed by atoms with Gasteiger partial charge < -0.3 is 41.4 Å². The lowest BCUT2D eigenvalue weighted by molar-refractivity contribution is -0.117. The number of pyridine rings is 2. The number of piperazine rings is 1. The number of amides is 2. The van der Waals surface area contributed by atoms with Crippen LogP contribution in [0.3, 0.4) is 0 Å². The fourth-order valence-electron chi connectivity index (χ4n) is 8.70. The Morgan fingerprint density at radius 3 is 2.29 bits per heavy atom. The highest BCUT2D eigenvalue weighted by Gasteiger charge is 2.24. The number of aromatic amines is 1. The number of aliphatic hydroxyl groups is 2. The second kappa shape index (κ2) is 23.6. The maximum Gasteiger partial charge on any atom is 0.278 e. The van der Waals surface area contributed by atoms with Gasteiger partial charge in [-0.2, -0.15) is 4.98 Å². The summed E-state index contributed by atoms with van der Waals surface area (Å²) in [6.45, 7) is 16.3. The first-order valence-electron chi connectivity index (χ1n) is 24.1. The predicted octanol–water partition coefficient (Wildman–Crippen LogP) is 6.31. The Bertz CT molecular complexity index is 3280. The summed E-state index contributed by atoms with van der Waals surface area (Å²) in [6.07, 6.45) is 5.45. The number of rotatable bonds is 15. The normalized spacial score (nSPS) is 13.2. The van der Waals surface area contributed by atoms with Crippen molar-refractivity contribution >= 4 is 56.9 Å². The summed E-state index contributed by atoms with van der Waals surface area (Å²) < 4.78 is 17.4. The molecule has 2 aliphatic rings. The third-order valence-electron chi connectivity index (χ3n) is 12.2. The van der Waals surface area contributed by atoms with Crippen LogP contribution in [0.1, 0.15) is 35.3 Å². The molecule has 0 unspecified atom stereocenters. The molecule has 0 radical (unpaired) electrons. The van der Waals surface area contributed by atoms with Crippen molar-refractivity contribution in [2.75, 3.05) is 68.0 Å². The number of hydrogen-bond donors (Lipinski definition) is 7. The molecule has 8 aromatic rings. The van der Waals surface area contributed by atoms with Crippen molar-refractivity contribution in [1.29, 1.82) is 0 Å². The minimum absolute atomic E-state index is 0.0971. The highest BCUT2D eigenvalue weighted by molar-refractivity contribution is 6.10. The van der Waals surface area contributed by atoms with Gasteiger partial charge in [0.2, 0.25) is 5.95 Å². The third kappa shape index (κ3) is 11.7. The monoisotopic (exact) mass is 987 g/mol. The molecule has 0 bridgehead atoms. The van der Waals surface area contributed by atoms with E-state index in [4.69, 9.17) is 5.11 Å². The molecule has 0 spiro atoms. The summed E-state index contributed by atoms with van der Waals surface area (Å²) in [5.74, 6) is 0.412. The van der Waals surface area contributed by atoms with Crippen LogP contribution in [0.5, 0.6) is 0 Å². The zero-order chi connectivity index (χ0) is 51.4. The number of anilines is 4. The van der Waals surface area contributed by atoms with E-state index < -0.39 is 5.82 Å². The van der Waals surface area contributed by atoms with Crippen LogP contribution < -0.4 is 31.7 Å². The van der Waals surface area contributed by atoms with Crippen molar-refractivity contribution in [2.45, 2.75) is 33.4 Å². The van der Waals surface area contributed by atoms with Gasteiger partial charge in [0.05, 0.1) is 30.9 Å². The second-order valence-corrected chi connectivity index (χ2v) is 16.9. The quantitative estimate of drug-likeness (QED) is 0.0443. The summed E-state index contributed by atoms with van der Waals surface area (Å²) >= 11 is 0. The standard InChI is InChI=1S/C40H37FN10O3.C12H15N3O2.C2H6/c41-27-21-31-35-30(12-14-43-38(31)53)36(46-33(35)22-27)26-6-4-25(5-7-26)24-48-15-17-49(18-16-48)29-10-8-28(9-11-29)45-40-44-23-32-37(47-40)51(34-3-1-2-13-42-34)50(19-20-52)39(32)54;1-9(12(17)14-7-8-16)10(2)15-11-5-3-4-6-13-11;1-2/h1-11,13,21-23,46,52H,12,14-20,24H2,(H,43,53)(H,44,45,47);3-6,16H,1-2,7-8H2,(H,13,15)(H,14,17);1-2H3. The largest absolute Gasteiger partial charge is 0.395 e. The maximum atomic E-state index is 14.3. The van der Waals surface area contributed by atoms with Crippen molar-refractivity contribution in [2.24, 2.45) is 0 Å². The van der Waals surface area contributed by atoms with E-state index >= 15 is 0 Å². The van der Waals surface area contributed by atoms with Crippen molar-refractivity contribution in [3.05, 3.63) is 173 Å². The average molecular weight is 988 g/mol. The molecule has 1 saturated heterocycles. The number of aromatic nitrogens is 7. The Balaban J connectivity index is 0.000000318. The first-order valence-corrected chi connectivity index (χ1v) is 24.1. The lowest BCUT2D eigenvalue weighted by atomic mass is 9.99. The molecule has 5 aromatic heterocycles. The number of nitrogens with zero attached hydrogens (tertiary/aromatic N) is 8. The van der Waals surface area contributed by atoms with Crippen LogP contribution in [0.2, 0.25) is 0 Å². The van der Waals surface area contributed by atoms with Crippen LogP contribution in [0, 0.1) is 5.82 Å². The van der Waals surface area contributed by atoms with Crippen LogP contribution in [0.4, 0.5) is 27.5 Å². The summed E-state index contributed by atoms with van der Waals surface area (Å²) in [6, 6.07) is 30.2. The van der Waals surface area contributed by atoms with Gasteiger partial charge in [-0.05, 0) is 83.8 Å². The molecule has 7 N–H and O–H groups in total. The van der Waals surface area contributed by atoms with E-state index in [0.29, 0.717) is 58.4 Å². The van der Waals surface area contributed by atoms with Crippen molar-refractivity contribution < 1.29 is 24.2 Å². The highest BCUT2D eigenvalue weighted by Crippen LogP contribution is 2.35. The Hall–Kier alpha value is -8.52. The average Bonchev–Trinajstić information content (AvgIpc) is 3.85. The fraction of sp³-hybridized carbons (Fsp3) is 0.241. The third-order valence-corrected chi connectivity index (χ3v) is 12.2. The summed E-state index contributed by atoms with van der Waals surface area (Å²) in [5, 5.41) is 30.8. The van der Waals surface area contributed by atoms with Crippen molar-refractivity contribution in [3.63, 3.8) is 0 Å². The lowest BCUT2D eigenvalue weighted by Gasteiger charge is -2.36. The molecule has 7 heterocycles. The van der Waals surface area contributed by atoms with Crippen molar-refractivity contribution in [3.8, 4) is 17.1 Å². The number of hydrogen-bond acceptors (Lipinski definition) is 13. The van der Waals surface area contributed by atoms with E-state index in [9.17, 15) is 23.9 Å². The van der Waals surface area contributed by atoms with E-state index in [0.717, 1.165) is 66.3 Å². The first-order chi connectivity index (χ1) is 35.6. The van der Waals surface area contributed by atoms with Crippen LogP contribution in [-0.2, 0) is 24.3 Å². The molecule has 18 nitrogen and oxygen atoms in total. The number of nitrogens with one attached hydrogen (secondary N) is 5. The van der Waals surface area contributed by atoms with Crippen LogP contribution >= 0.6 is 0 Å². The SMILES string of the molecule is C=C(Nc1ccccn1)C(=C)C(=O)NCCO.CC.O=C1NCCc2c(-c3ccc(CN4CCN(c5ccc(Nc6ncc7c(=O)n(CCO)n(-c8ccccn8)c7n6)cc5)CC4)cc3)[nH]c3cc(F)cc1c23. The minimum atomic E-state index is -0.429. The number of carbonyl (C=O) groups excluding carboxylic acids is 2. The van der Waals surface area contributed by atoms with Crippen molar-refractivity contribution in [1.82, 2.24) is 49.8 Å². The molecular weight excluding hydrogens is 930 g/mol. The number of fused-ring (bicyclic) bond motifs is 1. The number of H-pyrrole nitrogens is 1. The lowest BCUT2D eigenvalue weighted by Crippen LogP contribution is -2.45. The summed E-state index contributed by atoms with van der Waals surface area (Å²) in [7, 11) is 0. The van der Waals surface area contributed by atoms with Gasteiger partial charge in [0.15, 0.2) is 11.5 Å². The Labute approximate surface area is 420 Å². The molecule has 10 rings (SSSR count). The van der Waals surface area contributed by atoms with Gasteiger partial charge in [0.25, 0.3) is 17.4 Å². The smallest absolute Gasteiger partial charge is 0.278 e. The van der Waals surface area contributed by atoms with Gasteiger partial charge in [0, 0.05) is 98.1 Å². The number of aliphatic hydroxyl groups excluding tert-OH is 2. The Kier molecular flexibility index (Phi) is 16.4. The molecular formula is C54H58FN13O5. The fourth-order valence-corrected chi connectivity index (χ4v) is 8.70. The van der Waals surface area contributed by atoms with Gasteiger partial charge >= 0.3 is 0 Å². The second-order valence-electron chi connectivity index (χ2n) is 16.9.